The molecule has 0 spiro atoms. The highest BCUT2D eigenvalue weighted by atomic mass is 35.5. The van der Waals surface area contributed by atoms with Crippen LogP contribution in [0.25, 0.3) is 0 Å². The van der Waals surface area contributed by atoms with E-state index >= 15 is 0 Å². The molecule has 0 saturated heterocycles. The number of benzene rings is 2. The fourth-order valence-electron chi connectivity index (χ4n) is 1.54. The van der Waals surface area contributed by atoms with Crippen LogP contribution in [0.5, 0.6) is 5.75 Å². The van der Waals surface area contributed by atoms with Crippen LogP contribution in [0.2, 0.25) is 15.1 Å². The molecule has 0 unspecified atom stereocenters. The monoisotopic (exact) mass is 331 g/mol. The molecule has 0 radical (unpaired) electrons. The van der Waals surface area contributed by atoms with E-state index in [9.17, 15) is 10.1 Å². The minimum absolute atomic E-state index is 0.0182. The molecule has 104 valence electrons. The first kappa shape index (κ1) is 14.9. The maximum absolute atomic E-state index is 10.6. The van der Waals surface area contributed by atoms with Gasteiger partial charge < -0.3 is 4.74 Å². The van der Waals surface area contributed by atoms with Crippen molar-refractivity contribution >= 4 is 40.5 Å². The van der Waals surface area contributed by atoms with Gasteiger partial charge in [-0.1, -0.05) is 34.8 Å². The van der Waals surface area contributed by atoms with Gasteiger partial charge in [0.2, 0.25) is 0 Å². The van der Waals surface area contributed by atoms with Gasteiger partial charge in [-0.25, -0.2) is 0 Å². The highest BCUT2D eigenvalue weighted by molar-refractivity contribution is 6.33. The molecule has 0 aliphatic carbocycles. The van der Waals surface area contributed by atoms with Crippen molar-refractivity contribution in [2.24, 2.45) is 0 Å². The minimum Gasteiger partial charge on any atom is -0.489 e. The molecule has 20 heavy (non-hydrogen) atoms. The summed E-state index contributed by atoms with van der Waals surface area (Å²) in [6.07, 6.45) is 0. The van der Waals surface area contributed by atoms with Crippen molar-refractivity contribution in [3.63, 3.8) is 0 Å². The van der Waals surface area contributed by atoms with E-state index in [1.54, 1.807) is 18.2 Å². The van der Waals surface area contributed by atoms with E-state index in [0.717, 1.165) is 0 Å². The van der Waals surface area contributed by atoms with Crippen LogP contribution >= 0.6 is 34.8 Å². The Kier molecular flexibility index (Phi) is 4.70. The third kappa shape index (κ3) is 3.54. The summed E-state index contributed by atoms with van der Waals surface area (Å²) in [7, 11) is 0. The molecule has 0 amide bonds. The van der Waals surface area contributed by atoms with Gasteiger partial charge in [-0.15, -0.1) is 0 Å². The zero-order chi connectivity index (χ0) is 14.7. The summed E-state index contributed by atoms with van der Waals surface area (Å²) >= 11 is 17.7. The zero-order valence-corrected chi connectivity index (χ0v) is 12.2. The second-order valence-corrected chi connectivity index (χ2v) is 5.15. The minimum atomic E-state index is -0.556. The Hall–Kier alpha value is -1.49. The summed E-state index contributed by atoms with van der Waals surface area (Å²) in [4.78, 5) is 10.1. The van der Waals surface area contributed by atoms with Gasteiger partial charge in [-0.05, 0) is 24.3 Å². The average molecular weight is 333 g/mol. The molecular weight excluding hydrogens is 325 g/mol. The average Bonchev–Trinajstić information content (AvgIpc) is 2.39. The predicted octanol–water partition coefficient (Wildman–Crippen LogP) is 5.13. The molecule has 0 heterocycles. The smallest absolute Gasteiger partial charge is 0.288 e. The highest BCUT2D eigenvalue weighted by Crippen LogP contribution is 2.29. The number of nitro groups is 1. The van der Waals surface area contributed by atoms with Gasteiger partial charge >= 0.3 is 0 Å². The molecule has 2 aromatic rings. The Balaban J connectivity index is 2.13. The molecule has 0 bridgehead atoms. The fourth-order valence-corrected chi connectivity index (χ4v) is 2.15. The molecule has 0 aromatic heterocycles. The quantitative estimate of drug-likeness (QED) is 0.576. The number of nitrogens with zero attached hydrogens (tertiary/aromatic N) is 1. The second kappa shape index (κ2) is 6.31. The Labute approximate surface area is 130 Å². The van der Waals surface area contributed by atoms with Crippen molar-refractivity contribution in [3.8, 4) is 5.75 Å². The van der Waals surface area contributed by atoms with Crippen molar-refractivity contribution in [2.75, 3.05) is 0 Å². The molecule has 0 aliphatic rings. The first-order valence-electron chi connectivity index (χ1n) is 5.48. The maximum Gasteiger partial charge on any atom is 0.288 e. The lowest BCUT2D eigenvalue weighted by Crippen LogP contribution is -1.97. The lowest BCUT2D eigenvalue weighted by molar-refractivity contribution is -0.384. The van der Waals surface area contributed by atoms with Crippen LogP contribution < -0.4 is 4.74 Å². The summed E-state index contributed by atoms with van der Waals surface area (Å²) in [5, 5.41) is 11.7. The van der Waals surface area contributed by atoms with E-state index in [1.165, 1.54) is 18.2 Å². The predicted molar refractivity (Wildman–Crippen MR) is 78.9 cm³/mol. The van der Waals surface area contributed by atoms with E-state index in [0.29, 0.717) is 21.4 Å². The Morgan fingerprint density at radius 3 is 2.45 bits per heavy atom. The Morgan fingerprint density at radius 1 is 1.05 bits per heavy atom. The van der Waals surface area contributed by atoms with E-state index in [1.807, 2.05) is 0 Å². The van der Waals surface area contributed by atoms with Crippen LogP contribution in [0.4, 0.5) is 5.69 Å². The van der Waals surface area contributed by atoms with Crippen molar-refractivity contribution in [3.05, 3.63) is 67.1 Å². The molecule has 0 N–H and O–H groups in total. The van der Waals surface area contributed by atoms with Gasteiger partial charge in [-0.3, -0.25) is 10.1 Å². The van der Waals surface area contributed by atoms with Crippen LogP contribution in [0.15, 0.2) is 36.4 Å². The van der Waals surface area contributed by atoms with Gasteiger partial charge in [0.25, 0.3) is 5.69 Å². The summed E-state index contributed by atoms with van der Waals surface area (Å²) < 4.78 is 5.49. The van der Waals surface area contributed by atoms with Crippen molar-refractivity contribution < 1.29 is 9.66 Å². The van der Waals surface area contributed by atoms with E-state index in [4.69, 9.17) is 39.5 Å². The summed E-state index contributed by atoms with van der Waals surface area (Å²) in [5.74, 6) is 0.414. The van der Waals surface area contributed by atoms with Crippen LogP contribution in [-0.4, -0.2) is 4.92 Å². The molecule has 0 atom stereocenters. The molecule has 2 aromatic carbocycles. The number of halogens is 3. The van der Waals surface area contributed by atoms with Crippen molar-refractivity contribution in [1.29, 1.82) is 0 Å². The van der Waals surface area contributed by atoms with E-state index in [2.05, 4.69) is 0 Å². The molecule has 0 aliphatic heterocycles. The Bertz CT molecular complexity index is 661. The third-order valence-electron chi connectivity index (χ3n) is 2.52. The number of ether oxygens (including phenoxy) is 1. The molecule has 0 fully saturated rings. The first-order valence-corrected chi connectivity index (χ1v) is 6.61. The SMILES string of the molecule is O=[N+]([O-])c1ccc(OCc2cc(Cl)ccc2Cl)cc1Cl. The lowest BCUT2D eigenvalue weighted by Gasteiger charge is -2.08. The third-order valence-corrected chi connectivity index (χ3v) is 3.42. The van der Waals surface area contributed by atoms with Gasteiger partial charge in [-0.2, -0.15) is 0 Å². The number of hydrogen-bond donors (Lipinski definition) is 0. The number of nitro benzene ring substituents is 1. The summed E-state index contributed by atoms with van der Waals surface area (Å²) in [6.45, 7) is 0.188. The number of rotatable bonds is 4. The second-order valence-electron chi connectivity index (χ2n) is 3.89. The molecule has 7 heteroatoms. The Morgan fingerprint density at radius 2 is 1.80 bits per heavy atom. The van der Waals surface area contributed by atoms with Crippen LogP contribution in [0, 0.1) is 10.1 Å². The standard InChI is InChI=1S/C13H8Cl3NO3/c14-9-1-3-11(15)8(5-9)7-20-10-2-4-13(17(18)19)12(16)6-10/h1-6H,7H2. The normalized spacial score (nSPS) is 10.3. The van der Waals surface area contributed by atoms with Crippen molar-refractivity contribution in [2.45, 2.75) is 6.61 Å². The topological polar surface area (TPSA) is 52.4 Å². The van der Waals surface area contributed by atoms with Gasteiger partial charge in [0.05, 0.1) is 4.92 Å². The number of hydrogen-bond acceptors (Lipinski definition) is 3. The van der Waals surface area contributed by atoms with Crippen LogP contribution in [0.3, 0.4) is 0 Å². The summed E-state index contributed by atoms with van der Waals surface area (Å²) in [6, 6.07) is 9.19. The molecular formula is C13H8Cl3NO3. The first-order chi connectivity index (χ1) is 9.47. The maximum atomic E-state index is 10.6. The fraction of sp³-hybridized carbons (Fsp3) is 0.0769. The van der Waals surface area contributed by atoms with E-state index < -0.39 is 4.92 Å². The molecule has 4 nitrogen and oxygen atoms in total. The van der Waals surface area contributed by atoms with E-state index in [-0.39, 0.29) is 17.3 Å². The zero-order valence-electron chi connectivity index (χ0n) is 9.98. The van der Waals surface area contributed by atoms with Crippen LogP contribution in [0.1, 0.15) is 5.56 Å². The van der Waals surface area contributed by atoms with Crippen LogP contribution in [-0.2, 0) is 6.61 Å². The molecule has 2 rings (SSSR count). The highest BCUT2D eigenvalue weighted by Gasteiger charge is 2.12. The molecule has 0 saturated carbocycles. The van der Waals surface area contributed by atoms with Gasteiger partial charge in [0, 0.05) is 27.7 Å². The summed E-state index contributed by atoms with van der Waals surface area (Å²) in [5.41, 5.74) is 0.549. The van der Waals surface area contributed by atoms with Gasteiger partial charge in [0.15, 0.2) is 0 Å². The van der Waals surface area contributed by atoms with Gasteiger partial charge in [0.1, 0.15) is 17.4 Å². The van der Waals surface area contributed by atoms with Crippen molar-refractivity contribution in [1.82, 2.24) is 0 Å². The largest absolute Gasteiger partial charge is 0.489 e. The lowest BCUT2D eigenvalue weighted by atomic mass is 10.2.